The van der Waals surface area contributed by atoms with E-state index >= 15 is 0 Å². The van der Waals surface area contributed by atoms with Gasteiger partial charge in [-0.2, -0.15) is 0 Å². The van der Waals surface area contributed by atoms with Crippen LogP contribution in [0.5, 0.6) is 0 Å². The van der Waals surface area contributed by atoms with Crippen molar-refractivity contribution in [2.24, 2.45) is 5.73 Å². The lowest BCUT2D eigenvalue weighted by Gasteiger charge is -2.09. The first-order valence-corrected chi connectivity index (χ1v) is 5.11. The van der Waals surface area contributed by atoms with Crippen molar-refractivity contribution in [2.75, 3.05) is 6.54 Å². The second kappa shape index (κ2) is 4.94. The molecule has 0 saturated carbocycles. The van der Waals surface area contributed by atoms with Crippen LogP contribution in [0.25, 0.3) is 0 Å². The van der Waals surface area contributed by atoms with Crippen molar-refractivity contribution >= 4 is 5.91 Å². The number of aryl methyl sites for hydroxylation is 2. The van der Waals surface area contributed by atoms with Crippen molar-refractivity contribution in [3.8, 4) is 0 Å². The third kappa shape index (κ3) is 3.36. The normalized spacial score (nSPS) is 12.3. The summed E-state index contributed by atoms with van der Waals surface area (Å²) in [4.78, 5) is 11.7. The monoisotopic (exact) mass is 206 g/mol. The van der Waals surface area contributed by atoms with Crippen LogP contribution in [0.3, 0.4) is 0 Å². The van der Waals surface area contributed by atoms with Gasteiger partial charge in [-0.3, -0.25) is 4.79 Å². The first kappa shape index (κ1) is 11.7. The van der Waals surface area contributed by atoms with Gasteiger partial charge < -0.3 is 11.1 Å². The Balaban J connectivity index is 2.74. The van der Waals surface area contributed by atoms with Gasteiger partial charge in [-0.05, 0) is 32.4 Å². The van der Waals surface area contributed by atoms with Gasteiger partial charge in [0.2, 0.25) is 0 Å². The van der Waals surface area contributed by atoms with E-state index in [2.05, 4.69) is 5.32 Å². The first-order chi connectivity index (χ1) is 7.00. The summed E-state index contributed by atoms with van der Waals surface area (Å²) < 4.78 is 0. The first-order valence-electron chi connectivity index (χ1n) is 5.11. The summed E-state index contributed by atoms with van der Waals surface area (Å²) in [7, 11) is 0. The summed E-state index contributed by atoms with van der Waals surface area (Å²) in [5.41, 5.74) is 8.45. The predicted octanol–water partition coefficient (Wildman–Crippen LogP) is 1.38. The Labute approximate surface area is 90.7 Å². The standard InChI is InChI=1S/C12H18N2O/c1-8-4-5-11(9(2)6-8)12(15)14-7-10(3)13/h4-6,10H,7,13H2,1-3H3,(H,14,15). The number of hydrogen-bond acceptors (Lipinski definition) is 2. The molecule has 0 aromatic heterocycles. The average molecular weight is 206 g/mol. The molecule has 3 nitrogen and oxygen atoms in total. The molecule has 1 aromatic carbocycles. The number of carbonyl (C=O) groups is 1. The number of nitrogens with one attached hydrogen (secondary N) is 1. The highest BCUT2D eigenvalue weighted by atomic mass is 16.1. The SMILES string of the molecule is Cc1ccc(C(=O)NCC(C)N)c(C)c1. The molecule has 1 atom stereocenters. The van der Waals surface area contributed by atoms with Crippen molar-refractivity contribution in [3.63, 3.8) is 0 Å². The molecule has 0 heterocycles. The summed E-state index contributed by atoms with van der Waals surface area (Å²) >= 11 is 0. The van der Waals surface area contributed by atoms with Gasteiger partial charge >= 0.3 is 0 Å². The van der Waals surface area contributed by atoms with Crippen LogP contribution >= 0.6 is 0 Å². The molecule has 0 radical (unpaired) electrons. The molecule has 3 N–H and O–H groups in total. The fourth-order valence-electron chi connectivity index (χ4n) is 1.42. The van der Waals surface area contributed by atoms with E-state index < -0.39 is 0 Å². The number of amides is 1. The maximum atomic E-state index is 11.7. The zero-order valence-corrected chi connectivity index (χ0v) is 9.50. The summed E-state index contributed by atoms with van der Waals surface area (Å²) in [6.45, 7) is 6.32. The van der Waals surface area contributed by atoms with E-state index in [4.69, 9.17) is 5.73 Å². The Morgan fingerprint density at radius 2 is 2.13 bits per heavy atom. The number of carbonyl (C=O) groups excluding carboxylic acids is 1. The van der Waals surface area contributed by atoms with Crippen molar-refractivity contribution < 1.29 is 4.79 Å². The van der Waals surface area contributed by atoms with Gasteiger partial charge in [-0.1, -0.05) is 17.7 Å². The van der Waals surface area contributed by atoms with Crippen LogP contribution in [0.2, 0.25) is 0 Å². The van der Waals surface area contributed by atoms with E-state index in [0.717, 1.165) is 16.7 Å². The van der Waals surface area contributed by atoms with Crippen molar-refractivity contribution in [1.82, 2.24) is 5.32 Å². The molecule has 0 aliphatic rings. The van der Waals surface area contributed by atoms with Gasteiger partial charge in [-0.25, -0.2) is 0 Å². The number of benzene rings is 1. The number of nitrogens with two attached hydrogens (primary N) is 1. The lowest BCUT2D eigenvalue weighted by atomic mass is 10.1. The Morgan fingerprint density at radius 1 is 1.47 bits per heavy atom. The van der Waals surface area contributed by atoms with Crippen molar-refractivity contribution in [3.05, 3.63) is 34.9 Å². The van der Waals surface area contributed by atoms with Gasteiger partial charge in [0.1, 0.15) is 0 Å². The second-order valence-corrected chi connectivity index (χ2v) is 4.01. The van der Waals surface area contributed by atoms with E-state index in [1.54, 1.807) is 0 Å². The molecule has 0 saturated heterocycles. The van der Waals surface area contributed by atoms with Crippen LogP contribution in [-0.2, 0) is 0 Å². The molecular formula is C12H18N2O. The molecule has 1 aromatic rings. The Bertz CT molecular complexity index is 359. The minimum atomic E-state index is -0.0511. The van der Waals surface area contributed by atoms with Crippen LogP contribution in [0.4, 0.5) is 0 Å². The van der Waals surface area contributed by atoms with Crippen LogP contribution in [-0.4, -0.2) is 18.5 Å². The zero-order valence-electron chi connectivity index (χ0n) is 9.50. The molecule has 15 heavy (non-hydrogen) atoms. The maximum absolute atomic E-state index is 11.7. The molecule has 1 amide bonds. The van der Waals surface area contributed by atoms with E-state index in [1.807, 2.05) is 39.0 Å². The molecular weight excluding hydrogens is 188 g/mol. The summed E-state index contributed by atoms with van der Waals surface area (Å²) in [6.07, 6.45) is 0. The molecule has 0 aliphatic carbocycles. The molecule has 3 heteroatoms. The predicted molar refractivity (Wildman–Crippen MR) is 61.9 cm³/mol. The van der Waals surface area contributed by atoms with Crippen molar-refractivity contribution in [2.45, 2.75) is 26.8 Å². The summed E-state index contributed by atoms with van der Waals surface area (Å²) in [6, 6.07) is 5.77. The molecule has 1 rings (SSSR count). The molecule has 0 spiro atoms. The minimum Gasteiger partial charge on any atom is -0.350 e. The fourth-order valence-corrected chi connectivity index (χ4v) is 1.42. The van der Waals surface area contributed by atoms with Gasteiger partial charge in [-0.15, -0.1) is 0 Å². The van der Waals surface area contributed by atoms with Crippen LogP contribution < -0.4 is 11.1 Å². The van der Waals surface area contributed by atoms with E-state index in [-0.39, 0.29) is 11.9 Å². The van der Waals surface area contributed by atoms with Gasteiger partial charge in [0.25, 0.3) is 5.91 Å². The topological polar surface area (TPSA) is 55.1 Å². The van der Waals surface area contributed by atoms with Crippen LogP contribution in [0, 0.1) is 13.8 Å². The van der Waals surface area contributed by atoms with Crippen LogP contribution in [0.15, 0.2) is 18.2 Å². The van der Waals surface area contributed by atoms with E-state index in [1.165, 1.54) is 0 Å². The Kier molecular flexibility index (Phi) is 3.86. The third-order valence-corrected chi connectivity index (χ3v) is 2.21. The van der Waals surface area contributed by atoms with E-state index in [9.17, 15) is 4.79 Å². The zero-order chi connectivity index (χ0) is 11.4. The highest BCUT2D eigenvalue weighted by Gasteiger charge is 2.08. The number of hydrogen-bond donors (Lipinski definition) is 2. The Hall–Kier alpha value is -1.35. The van der Waals surface area contributed by atoms with Gasteiger partial charge in [0, 0.05) is 18.2 Å². The largest absolute Gasteiger partial charge is 0.350 e. The lowest BCUT2D eigenvalue weighted by Crippen LogP contribution is -2.35. The smallest absolute Gasteiger partial charge is 0.251 e. The molecule has 0 fully saturated rings. The molecule has 1 unspecified atom stereocenters. The van der Waals surface area contributed by atoms with Gasteiger partial charge in [0.15, 0.2) is 0 Å². The maximum Gasteiger partial charge on any atom is 0.251 e. The minimum absolute atomic E-state index is 0.0142. The molecule has 0 bridgehead atoms. The quantitative estimate of drug-likeness (QED) is 0.785. The second-order valence-electron chi connectivity index (χ2n) is 4.01. The average Bonchev–Trinajstić information content (AvgIpc) is 2.14. The van der Waals surface area contributed by atoms with Gasteiger partial charge in [0.05, 0.1) is 0 Å². The third-order valence-electron chi connectivity index (χ3n) is 2.21. The summed E-state index contributed by atoms with van der Waals surface area (Å²) in [5.74, 6) is -0.0511. The Morgan fingerprint density at radius 3 is 2.67 bits per heavy atom. The highest BCUT2D eigenvalue weighted by molar-refractivity contribution is 5.95. The summed E-state index contributed by atoms with van der Waals surface area (Å²) in [5, 5.41) is 2.79. The van der Waals surface area contributed by atoms with Crippen LogP contribution in [0.1, 0.15) is 28.4 Å². The molecule has 82 valence electrons. The van der Waals surface area contributed by atoms with Crippen molar-refractivity contribution in [1.29, 1.82) is 0 Å². The highest BCUT2D eigenvalue weighted by Crippen LogP contribution is 2.10. The lowest BCUT2D eigenvalue weighted by molar-refractivity contribution is 0.0951. The fraction of sp³-hybridized carbons (Fsp3) is 0.417. The number of rotatable bonds is 3. The van der Waals surface area contributed by atoms with E-state index in [0.29, 0.717) is 6.54 Å². The molecule has 0 aliphatic heterocycles.